The van der Waals surface area contributed by atoms with Crippen LogP contribution in [0.3, 0.4) is 0 Å². The van der Waals surface area contributed by atoms with Crippen molar-refractivity contribution in [1.82, 2.24) is 15.1 Å². The zero-order valence-electron chi connectivity index (χ0n) is 11.5. The average Bonchev–Trinajstić information content (AvgIpc) is 3.03. The summed E-state index contributed by atoms with van der Waals surface area (Å²) in [7, 11) is 0. The highest BCUT2D eigenvalue weighted by molar-refractivity contribution is 5.88. The number of aromatic nitrogens is 3. The van der Waals surface area contributed by atoms with Crippen LogP contribution in [0, 0.1) is 18.8 Å². The van der Waals surface area contributed by atoms with E-state index in [1.807, 2.05) is 0 Å². The molecule has 1 aliphatic rings. The van der Waals surface area contributed by atoms with E-state index in [1.165, 1.54) is 11.2 Å². The summed E-state index contributed by atoms with van der Waals surface area (Å²) in [5.41, 5.74) is 5.78. The molecule has 2 aromatic heterocycles. The van der Waals surface area contributed by atoms with Crippen LogP contribution in [0.1, 0.15) is 5.69 Å². The standard InChI is InChI=1S/C12H12F3N5O2/c1-5-8-10(17-4-18-11(8)22-19-5)20-2-6(9(16)21)7(3-20)12(13,14)15/h4,6-7H,2-3H2,1H3,(H2,16,21)/t6-,7-/m1/s1. The summed E-state index contributed by atoms with van der Waals surface area (Å²) in [6.07, 6.45) is -3.33. The Bertz CT molecular complexity index is 729. The van der Waals surface area contributed by atoms with Crippen molar-refractivity contribution in [2.24, 2.45) is 17.6 Å². The summed E-state index contributed by atoms with van der Waals surface area (Å²) < 4.78 is 44.3. The molecule has 0 unspecified atom stereocenters. The number of nitrogens with zero attached hydrogens (tertiary/aromatic N) is 4. The topological polar surface area (TPSA) is 98.1 Å². The number of primary amides is 1. The van der Waals surface area contributed by atoms with E-state index in [2.05, 4.69) is 15.1 Å². The maximum absolute atomic E-state index is 13.1. The first-order chi connectivity index (χ1) is 10.3. The monoisotopic (exact) mass is 315 g/mol. The molecule has 0 radical (unpaired) electrons. The minimum Gasteiger partial charge on any atom is -0.369 e. The molecule has 22 heavy (non-hydrogen) atoms. The van der Waals surface area contributed by atoms with Gasteiger partial charge in [-0.2, -0.15) is 18.2 Å². The van der Waals surface area contributed by atoms with Crippen molar-refractivity contribution in [3.63, 3.8) is 0 Å². The third-order valence-corrected chi connectivity index (χ3v) is 3.83. The van der Waals surface area contributed by atoms with Crippen molar-refractivity contribution in [3.05, 3.63) is 12.0 Å². The van der Waals surface area contributed by atoms with Gasteiger partial charge < -0.3 is 15.2 Å². The third-order valence-electron chi connectivity index (χ3n) is 3.83. The number of nitrogens with two attached hydrogens (primary N) is 1. The summed E-state index contributed by atoms with van der Waals surface area (Å²) >= 11 is 0. The Labute approximate surface area is 122 Å². The predicted octanol–water partition coefficient (Wildman–Crippen LogP) is 1.03. The normalized spacial score (nSPS) is 22.5. The summed E-state index contributed by atoms with van der Waals surface area (Å²) in [5.74, 6) is -3.85. The van der Waals surface area contributed by atoms with E-state index in [9.17, 15) is 18.0 Å². The molecule has 3 rings (SSSR count). The van der Waals surface area contributed by atoms with Crippen LogP contribution in [-0.2, 0) is 4.79 Å². The molecule has 2 atom stereocenters. The maximum Gasteiger partial charge on any atom is 0.394 e. The lowest BCUT2D eigenvalue weighted by Crippen LogP contribution is -2.37. The second-order valence-corrected chi connectivity index (χ2v) is 5.21. The van der Waals surface area contributed by atoms with Crippen LogP contribution < -0.4 is 10.6 Å². The van der Waals surface area contributed by atoms with Gasteiger partial charge in [-0.1, -0.05) is 5.16 Å². The van der Waals surface area contributed by atoms with Crippen LogP contribution in [0.4, 0.5) is 19.0 Å². The Hall–Kier alpha value is -2.39. The van der Waals surface area contributed by atoms with Gasteiger partial charge in [-0.25, -0.2) is 4.98 Å². The number of anilines is 1. The zero-order chi connectivity index (χ0) is 16.1. The summed E-state index contributed by atoms with van der Waals surface area (Å²) in [6.45, 7) is 1.09. The molecule has 0 aliphatic carbocycles. The molecule has 7 nitrogen and oxygen atoms in total. The van der Waals surface area contributed by atoms with Gasteiger partial charge in [0.05, 0.1) is 17.5 Å². The molecule has 3 heterocycles. The zero-order valence-corrected chi connectivity index (χ0v) is 11.5. The van der Waals surface area contributed by atoms with Gasteiger partial charge in [0.1, 0.15) is 17.5 Å². The Morgan fingerprint density at radius 1 is 1.41 bits per heavy atom. The highest BCUT2D eigenvalue weighted by Gasteiger charge is 2.52. The van der Waals surface area contributed by atoms with Crippen molar-refractivity contribution >= 4 is 22.8 Å². The number of carbonyl (C=O) groups is 1. The van der Waals surface area contributed by atoms with Gasteiger partial charge >= 0.3 is 6.18 Å². The fourth-order valence-corrected chi connectivity index (χ4v) is 2.74. The van der Waals surface area contributed by atoms with E-state index < -0.39 is 30.5 Å². The Morgan fingerprint density at radius 3 is 2.73 bits per heavy atom. The number of hydrogen-bond donors (Lipinski definition) is 1. The molecule has 0 aromatic carbocycles. The highest BCUT2D eigenvalue weighted by Crippen LogP contribution is 2.40. The third kappa shape index (κ3) is 2.24. The largest absolute Gasteiger partial charge is 0.394 e. The van der Waals surface area contributed by atoms with Crippen LogP contribution in [0.25, 0.3) is 11.1 Å². The van der Waals surface area contributed by atoms with Crippen LogP contribution in [0.15, 0.2) is 10.9 Å². The molecular formula is C12H12F3N5O2. The summed E-state index contributed by atoms with van der Waals surface area (Å²) in [4.78, 5) is 20.6. The molecule has 10 heteroatoms. The fourth-order valence-electron chi connectivity index (χ4n) is 2.74. The molecule has 0 spiro atoms. The number of fused-ring (bicyclic) bond motifs is 1. The average molecular weight is 315 g/mol. The number of aryl methyl sites for hydroxylation is 1. The summed E-state index contributed by atoms with van der Waals surface area (Å²) in [5, 5.41) is 4.17. The van der Waals surface area contributed by atoms with Crippen LogP contribution >= 0.6 is 0 Å². The van der Waals surface area contributed by atoms with E-state index in [1.54, 1.807) is 6.92 Å². The molecule has 1 aliphatic heterocycles. The maximum atomic E-state index is 13.1. The number of hydrogen-bond acceptors (Lipinski definition) is 6. The number of rotatable bonds is 2. The van der Waals surface area contributed by atoms with E-state index in [0.29, 0.717) is 11.1 Å². The molecule has 2 aromatic rings. The lowest BCUT2D eigenvalue weighted by atomic mass is 9.95. The van der Waals surface area contributed by atoms with Crippen molar-refractivity contribution in [1.29, 1.82) is 0 Å². The van der Waals surface area contributed by atoms with Crippen LogP contribution in [0.2, 0.25) is 0 Å². The summed E-state index contributed by atoms with van der Waals surface area (Å²) in [6, 6.07) is 0. The number of amides is 1. The lowest BCUT2D eigenvalue weighted by molar-refractivity contribution is -0.181. The molecular weight excluding hydrogens is 303 g/mol. The van der Waals surface area contributed by atoms with E-state index in [0.717, 1.165) is 0 Å². The van der Waals surface area contributed by atoms with Gasteiger partial charge in [0.15, 0.2) is 0 Å². The number of carbonyl (C=O) groups excluding carboxylic acids is 1. The second-order valence-electron chi connectivity index (χ2n) is 5.21. The smallest absolute Gasteiger partial charge is 0.369 e. The van der Waals surface area contributed by atoms with Gasteiger partial charge in [0, 0.05) is 13.1 Å². The highest BCUT2D eigenvalue weighted by atomic mass is 19.4. The molecule has 1 amide bonds. The van der Waals surface area contributed by atoms with Crippen LogP contribution in [0.5, 0.6) is 0 Å². The molecule has 0 bridgehead atoms. The lowest BCUT2D eigenvalue weighted by Gasteiger charge is -2.19. The van der Waals surface area contributed by atoms with Crippen molar-refractivity contribution in [2.45, 2.75) is 13.1 Å². The molecule has 2 N–H and O–H groups in total. The molecule has 1 fully saturated rings. The Kier molecular flexibility index (Phi) is 3.18. The Balaban J connectivity index is 2.02. The van der Waals surface area contributed by atoms with Gasteiger partial charge in [0.2, 0.25) is 5.91 Å². The SMILES string of the molecule is Cc1noc2ncnc(N3C[C@@H](C(F)(F)F)[C@H](C(N)=O)C3)c12. The Morgan fingerprint density at radius 2 is 2.14 bits per heavy atom. The fraction of sp³-hybridized carbons (Fsp3) is 0.500. The molecule has 118 valence electrons. The minimum absolute atomic E-state index is 0.157. The van der Waals surface area contributed by atoms with Crippen molar-refractivity contribution in [3.8, 4) is 0 Å². The van der Waals surface area contributed by atoms with Gasteiger partial charge in [-0.15, -0.1) is 0 Å². The predicted molar refractivity (Wildman–Crippen MR) is 68.8 cm³/mol. The minimum atomic E-state index is -4.51. The van der Waals surface area contributed by atoms with Crippen molar-refractivity contribution < 1.29 is 22.5 Å². The molecule has 1 saturated heterocycles. The van der Waals surface area contributed by atoms with Crippen LogP contribution in [-0.4, -0.2) is 40.3 Å². The second kappa shape index (κ2) is 4.82. The first kappa shape index (κ1) is 14.5. The van der Waals surface area contributed by atoms with Gasteiger partial charge in [-0.3, -0.25) is 4.79 Å². The first-order valence-corrected chi connectivity index (χ1v) is 6.47. The molecule has 0 saturated carbocycles. The van der Waals surface area contributed by atoms with Gasteiger partial charge in [-0.05, 0) is 6.92 Å². The van der Waals surface area contributed by atoms with Gasteiger partial charge in [0.25, 0.3) is 5.71 Å². The van der Waals surface area contributed by atoms with Crippen molar-refractivity contribution in [2.75, 3.05) is 18.0 Å². The van der Waals surface area contributed by atoms with E-state index >= 15 is 0 Å². The quantitative estimate of drug-likeness (QED) is 0.888. The number of halogens is 3. The van der Waals surface area contributed by atoms with E-state index in [4.69, 9.17) is 10.3 Å². The van der Waals surface area contributed by atoms with E-state index in [-0.39, 0.29) is 18.1 Å². The first-order valence-electron chi connectivity index (χ1n) is 6.47. The number of alkyl halides is 3.